The lowest BCUT2D eigenvalue weighted by molar-refractivity contribution is 0.425. The normalized spacial score (nSPS) is 15.0. The summed E-state index contributed by atoms with van der Waals surface area (Å²) in [4.78, 5) is 8.92. The Kier molecular flexibility index (Phi) is 5.10. The highest BCUT2D eigenvalue weighted by Crippen LogP contribution is 2.25. The van der Waals surface area contributed by atoms with Crippen LogP contribution in [0.5, 0.6) is 0 Å². The van der Waals surface area contributed by atoms with Gasteiger partial charge in [-0.2, -0.15) is 9.29 Å². The number of nitrogens with zero attached hydrogens (tertiary/aromatic N) is 4. The molecule has 0 bridgehead atoms. The summed E-state index contributed by atoms with van der Waals surface area (Å²) in [5.74, 6) is 1.58. The Bertz CT molecular complexity index is 1060. The molecule has 3 aromatic rings. The first kappa shape index (κ1) is 18.6. The molecular weight excluding hydrogens is 378 g/mol. The molecule has 0 amide bonds. The van der Waals surface area contributed by atoms with Gasteiger partial charge in [0.2, 0.25) is 10.0 Å². The topological polar surface area (TPSA) is 101 Å². The zero-order valence-corrected chi connectivity index (χ0v) is 16.3. The van der Waals surface area contributed by atoms with Crippen LogP contribution in [0, 0.1) is 6.92 Å². The predicted molar refractivity (Wildman–Crippen MR) is 104 cm³/mol. The van der Waals surface area contributed by atoms with E-state index in [1.165, 1.54) is 0 Å². The van der Waals surface area contributed by atoms with Gasteiger partial charge in [-0.05, 0) is 49.6 Å². The van der Waals surface area contributed by atoms with Crippen LogP contribution in [0.4, 0.5) is 5.82 Å². The van der Waals surface area contributed by atoms with E-state index in [1.807, 2.05) is 18.2 Å². The second-order valence-electron chi connectivity index (χ2n) is 6.66. The molecule has 0 unspecified atom stereocenters. The molecule has 2 aromatic heterocycles. The van der Waals surface area contributed by atoms with Gasteiger partial charge in [0.05, 0.1) is 10.5 Å². The van der Waals surface area contributed by atoms with Gasteiger partial charge in [-0.15, -0.1) is 0 Å². The minimum atomic E-state index is -3.39. The molecule has 0 radical (unpaired) electrons. The van der Waals surface area contributed by atoms with Gasteiger partial charge >= 0.3 is 0 Å². The summed E-state index contributed by atoms with van der Waals surface area (Å²) < 4.78 is 32.0. The number of aryl methyl sites for hydroxylation is 1. The molecular formula is C19H21N5O3S. The number of sulfonamides is 1. The molecule has 1 fully saturated rings. The minimum Gasteiger partial charge on any atom is -0.365 e. The lowest BCUT2D eigenvalue weighted by atomic mass is 10.2. The lowest BCUT2D eigenvalue weighted by Gasteiger charge is -2.15. The van der Waals surface area contributed by atoms with E-state index in [0.29, 0.717) is 42.1 Å². The molecule has 0 aliphatic carbocycles. The van der Waals surface area contributed by atoms with Crippen LogP contribution in [-0.2, 0) is 16.6 Å². The van der Waals surface area contributed by atoms with Gasteiger partial charge in [0.1, 0.15) is 5.82 Å². The molecule has 4 rings (SSSR count). The zero-order chi connectivity index (χ0) is 19.6. The number of hydrogen-bond donors (Lipinski definition) is 1. The van der Waals surface area contributed by atoms with Gasteiger partial charge in [-0.3, -0.25) is 0 Å². The predicted octanol–water partition coefficient (Wildman–Crippen LogP) is 2.84. The van der Waals surface area contributed by atoms with E-state index in [4.69, 9.17) is 4.52 Å². The molecule has 3 heterocycles. The van der Waals surface area contributed by atoms with Crippen molar-refractivity contribution in [3.8, 4) is 11.5 Å². The van der Waals surface area contributed by atoms with Crippen LogP contribution in [0.25, 0.3) is 11.5 Å². The fourth-order valence-corrected chi connectivity index (χ4v) is 4.68. The van der Waals surface area contributed by atoms with Crippen molar-refractivity contribution >= 4 is 15.8 Å². The maximum absolute atomic E-state index is 12.6. The van der Waals surface area contributed by atoms with Gasteiger partial charge in [0.25, 0.3) is 5.89 Å². The summed E-state index contributed by atoms with van der Waals surface area (Å²) in [5, 5.41) is 7.07. The van der Waals surface area contributed by atoms with Crippen molar-refractivity contribution in [3.63, 3.8) is 0 Å². The summed E-state index contributed by atoms with van der Waals surface area (Å²) in [6.07, 6.45) is 3.53. The van der Waals surface area contributed by atoms with Gasteiger partial charge in [-0.1, -0.05) is 17.3 Å². The Hall–Kier alpha value is -2.78. The number of anilines is 1. The van der Waals surface area contributed by atoms with E-state index in [2.05, 4.69) is 20.4 Å². The summed E-state index contributed by atoms with van der Waals surface area (Å²) in [7, 11) is -3.39. The molecule has 0 saturated carbocycles. The van der Waals surface area contributed by atoms with Crippen LogP contribution in [0.1, 0.15) is 24.2 Å². The Morgan fingerprint density at radius 2 is 1.89 bits per heavy atom. The summed E-state index contributed by atoms with van der Waals surface area (Å²) in [5.41, 5.74) is 1.66. The standard InChI is InChI=1S/C19H21N5O3S/c1-14-22-19(27-23-14)17-5-4-10-20-18(17)21-13-15-6-8-16(9-7-15)28(25,26)24-11-2-3-12-24/h4-10H,2-3,11-13H2,1H3,(H,20,21). The van der Waals surface area contributed by atoms with Crippen LogP contribution in [0.15, 0.2) is 52.0 Å². The first-order valence-corrected chi connectivity index (χ1v) is 10.6. The van der Waals surface area contributed by atoms with E-state index in [1.54, 1.807) is 35.6 Å². The highest BCUT2D eigenvalue weighted by molar-refractivity contribution is 7.89. The van der Waals surface area contributed by atoms with Crippen LogP contribution in [0.2, 0.25) is 0 Å². The Morgan fingerprint density at radius 3 is 2.57 bits per heavy atom. The van der Waals surface area contributed by atoms with E-state index in [0.717, 1.165) is 24.0 Å². The van der Waals surface area contributed by atoms with Crippen molar-refractivity contribution in [2.24, 2.45) is 0 Å². The quantitative estimate of drug-likeness (QED) is 0.680. The number of hydrogen-bond acceptors (Lipinski definition) is 7. The van der Waals surface area contributed by atoms with Crippen molar-refractivity contribution in [1.82, 2.24) is 19.4 Å². The Labute approximate surface area is 163 Å². The highest BCUT2D eigenvalue weighted by Gasteiger charge is 2.26. The summed E-state index contributed by atoms with van der Waals surface area (Å²) in [6.45, 7) is 3.45. The van der Waals surface area contributed by atoms with Crippen LogP contribution >= 0.6 is 0 Å². The van der Waals surface area contributed by atoms with Crippen LogP contribution < -0.4 is 5.32 Å². The number of aromatic nitrogens is 3. The van der Waals surface area contributed by atoms with Gasteiger partial charge < -0.3 is 9.84 Å². The maximum Gasteiger partial charge on any atom is 0.261 e. The summed E-state index contributed by atoms with van der Waals surface area (Å²) in [6, 6.07) is 10.6. The van der Waals surface area contributed by atoms with E-state index < -0.39 is 10.0 Å². The third-order valence-corrected chi connectivity index (χ3v) is 6.56. The van der Waals surface area contributed by atoms with E-state index in [-0.39, 0.29) is 0 Å². The molecule has 0 spiro atoms. The summed E-state index contributed by atoms with van der Waals surface area (Å²) >= 11 is 0. The number of pyridine rings is 1. The third-order valence-electron chi connectivity index (χ3n) is 4.65. The second kappa shape index (κ2) is 7.69. The van der Waals surface area contributed by atoms with Crippen molar-refractivity contribution in [1.29, 1.82) is 0 Å². The highest BCUT2D eigenvalue weighted by atomic mass is 32.2. The SMILES string of the molecule is Cc1noc(-c2cccnc2NCc2ccc(S(=O)(=O)N3CCCC3)cc2)n1. The van der Waals surface area contributed by atoms with Crippen molar-refractivity contribution in [2.75, 3.05) is 18.4 Å². The molecule has 1 N–H and O–H groups in total. The van der Waals surface area contributed by atoms with Gasteiger partial charge in [0.15, 0.2) is 5.82 Å². The third kappa shape index (κ3) is 3.76. The molecule has 0 atom stereocenters. The monoisotopic (exact) mass is 399 g/mol. The fraction of sp³-hybridized carbons (Fsp3) is 0.316. The Morgan fingerprint density at radius 1 is 1.14 bits per heavy atom. The number of nitrogens with one attached hydrogen (secondary N) is 1. The fourth-order valence-electron chi connectivity index (χ4n) is 3.17. The van der Waals surface area contributed by atoms with Crippen LogP contribution in [-0.4, -0.2) is 40.9 Å². The molecule has 1 aromatic carbocycles. The molecule has 9 heteroatoms. The average molecular weight is 399 g/mol. The Balaban J connectivity index is 1.48. The lowest BCUT2D eigenvalue weighted by Crippen LogP contribution is -2.27. The molecule has 1 aliphatic heterocycles. The average Bonchev–Trinajstić information content (AvgIpc) is 3.39. The smallest absolute Gasteiger partial charge is 0.261 e. The maximum atomic E-state index is 12.6. The van der Waals surface area contributed by atoms with Crippen molar-refractivity contribution < 1.29 is 12.9 Å². The van der Waals surface area contributed by atoms with Crippen molar-refractivity contribution in [3.05, 3.63) is 54.0 Å². The minimum absolute atomic E-state index is 0.331. The molecule has 28 heavy (non-hydrogen) atoms. The van der Waals surface area contributed by atoms with E-state index >= 15 is 0 Å². The van der Waals surface area contributed by atoms with Gasteiger partial charge in [0, 0.05) is 25.8 Å². The number of benzene rings is 1. The van der Waals surface area contributed by atoms with E-state index in [9.17, 15) is 8.42 Å². The number of rotatable bonds is 6. The molecule has 1 aliphatic rings. The van der Waals surface area contributed by atoms with Crippen molar-refractivity contribution in [2.45, 2.75) is 31.2 Å². The van der Waals surface area contributed by atoms with Gasteiger partial charge in [-0.25, -0.2) is 13.4 Å². The first-order chi connectivity index (χ1) is 13.5. The largest absolute Gasteiger partial charge is 0.365 e. The first-order valence-electron chi connectivity index (χ1n) is 9.13. The molecule has 8 nitrogen and oxygen atoms in total. The second-order valence-corrected chi connectivity index (χ2v) is 8.59. The van der Waals surface area contributed by atoms with Crippen LogP contribution in [0.3, 0.4) is 0 Å². The molecule has 146 valence electrons. The zero-order valence-electron chi connectivity index (χ0n) is 15.5. The molecule has 1 saturated heterocycles.